The maximum Gasteiger partial charge on any atom is 0.290 e. The highest BCUT2D eigenvalue weighted by Gasteiger charge is 2.29. The summed E-state index contributed by atoms with van der Waals surface area (Å²) < 4.78 is 0. The molecule has 0 aromatic carbocycles. The van der Waals surface area contributed by atoms with Gasteiger partial charge in [-0.3, -0.25) is 25.0 Å². The van der Waals surface area contributed by atoms with Crippen molar-refractivity contribution in [3.05, 3.63) is 24.3 Å². The number of rotatable bonds is 3. The molecule has 0 unspecified atom stereocenters. The normalized spacial score (nSPS) is 15.8. The van der Waals surface area contributed by atoms with Gasteiger partial charge in [-0.1, -0.05) is 33.1 Å². The minimum absolute atomic E-state index is 0.0564. The van der Waals surface area contributed by atoms with E-state index in [0.717, 1.165) is 25.7 Å². The second-order valence-corrected chi connectivity index (χ2v) is 5.69. The summed E-state index contributed by atoms with van der Waals surface area (Å²) in [5.74, 6) is -0.601. The Hall–Kier alpha value is -1.98. The van der Waals surface area contributed by atoms with Crippen LogP contribution < -0.4 is 5.43 Å². The minimum atomic E-state index is -0.386. The number of carbonyl (C=O) groups excluding carboxylic acids is 2. The van der Waals surface area contributed by atoms with Crippen molar-refractivity contribution in [1.82, 2.24) is 20.4 Å². The summed E-state index contributed by atoms with van der Waals surface area (Å²) in [6, 6.07) is 0.0780. The fourth-order valence-corrected chi connectivity index (χ4v) is 2.53. The van der Waals surface area contributed by atoms with Crippen LogP contribution in [0.25, 0.3) is 0 Å². The van der Waals surface area contributed by atoms with Crippen molar-refractivity contribution < 1.29 is 9.59 Å². The lowest BCUT2D eigenvalue weighted by atomic mass is 9.94. The Labute approximate surface area is 124 Å². The van der Waals surface area contributed by atoms with E-state index in [0.29, 0.717) is 0 Å². The number of hydrogen-bond acceptors (Lipinski definition) is 4. The van der Waals surface area contributed by atoms with Crippen LogP contribution in [-0.4, -0.2) is 32.8 Å². The number of aromatic nitrogens is 2. The molecule has 2 amide bonds. The van der Waals surface area contributed by atoms with Crippen LogP contribution in [0.3, 0.4) is 0 Å². The molecule has 6 nitrogen and oxygen atoms in total. The molecular formula is C15H22N4O2. The van der Waals surface area contributed by atoms with Gasteiger partial charge in [0.15, 0.2) is 0 Å². The van der Waals surface area contributed by atoms with E-state index < -0.39 is 0 Å². The Balaban J connectivity index is 2.11. The Morgan fingerprint density at radius 2 is 1.95 bits per heavy atom. The Morgan fingerprint density at radius 1 is 1.24 bits per heavy atom. The Morgan fingerprint density at radius 3 is 2.52 bits per heavy atom. The standard InChI is InChI=1S/C15H22N4O2/c1-11(2)15(21)19(12-6-4-3-5-7-12)18-14(20)13-10-16-8-9-17-13/h8-12H,3-7H2,1-2H3,(H,18,20). The van der Waals surface area contributed by atoms with Crippen LogP contribution in [0.4, 0.5) is 0 Å². The van der Waals surface area contributed by atoms with Gasteiger partial charge in [-0.2, -0.15) is 0 Å². The Bertz CT molecular complexity index is 484. The zero-order valence-corrected chi connectivity index (χ0v) is 12.6. The molecule has 0 aliphatic heterocycles. The molecule has 0 saturated heterocycles. The van der Waals surface area contributed by atoms with Gasteiger partial charge in [-0.05, 0) is 12.8 Å². The molecule has 1 aromatic rings. The number of hydrazine groups is 1. The first-order chi connectivity index (χ1) is 10.1. The second kappa shape index (κ2) is 7.15. The van der Waals surface area contributed by atoms with E-state index >= 15 is 0 Å². The van der Waals surface area contributed by atoms with E-state index in [4.69, 9.17) is 0 Å². The summed E-state index contributed by atoms with van der Waals surface area (Å²) in [5.41, 5.74) is 2.94. The van der Waals surface area contributed by atoms with Crippen molar-refractivity contribution in [1.29, 1.82) is 0 Å². The minimum Gasteiger partial charge on any atom is -0.273 e. The number of nitrogens with zero attached hydrogens (tertiary/aromatic N) is 3. The van der Waals surface area contributed by atoms with Gasteiger partial charge in [-0.25, -0.2) is 4.98 Å². The average Bonchev–Trinajstić information content (AvgIpc) is 2.53. The van der Waals surface area contributed by atoms with Gasteiger partial charge in [0.2, 0.25) is 5.91 Å². The fourth-order valence-electron chi connectivity index (χ4n) is 2.53. The molecule has 0 atom stereocenters. The number of carbonyl (C=O) groups is 2. The van der Waals surface area contributed by atoms with E-state index in [1.54, 1.807) is 0 Å². The van der Waals surface area contributed by atoms with Gasteiger partial charge >= 0.3 is 0 Å². The third-order valence-electron chi connectivity index (χ3n) is 3.69. The molecule has 0 spiro atoms. The molecule has 0 radical (unpaired) electrons. The lowest BCUT2D eigenvalue weighted by Crippen LogP contribution is -2.54. The summed E-state index contributed by atoms with van der Waals surface area (Å²) in [4.78, 5) is 32.4. The second-order valence-electron chi connectivity index (χ2n) is 5.69. The van der Waals surface area contributed by atoms with E-state index in [1.807, 2.05) is 13.8 Å². The maximum atomic E-state index is 12.4. The summed E-state index contributed by atoms with van der Waals surface area (Å²) >= 11 is 0. The molecule has 6 heteroatoms. The molecule has 0 bridgehead atoms. The van der Waals surface area contributed by atoms with Crippen LogP contribution in [0, 0.1) is 5.92 Å². The molecule has 1 heterocycles. The predicted molar refractivity (Wildman–Crippen MR) is 78.1 cm³/mol. The van der Waals surface area contributed by atoms with Crippen molar-refractivity contribution in [2.75, 3.05) is 0 Å². The van der Waals surface area contributed by atoms with Crippen molar-refractivity contribution in [3.8, 4) is 0 Å². The number of amides is 2. The van der Waals surface area contributed by atoms with Crippen LogP contribution in [-0.2, 0) is 4.79 Å². The van der Waals surface area contributed by atoms with Crippen LogP contribution >= 0.6 is 0 Å². The van der Waals surface area contributed by atoms with Gasteiger partial charge in [0.05, 0.1) is 12.2 Å². The highest BCUT2D eigenvalue weighted by atomic mass is 16.2. The van der Waals surface area contributed by atoms with Gasteiger partial charge in [-0.15, -0.1) is 0 Å². The lowest BCUT2D eigenvalue weighted by Gasteiger charge is -2.35. The Kier molecular flexibility index (Phi) is 5.25. The van der Waals surface area contributed by atoms with E-state index in [2.05, 4.69) is 15.4 Å². The largest absolute Gasteiger partial charge is 0.290 e. The molecule has 1 aliphatic rings. The van der Waals surface area contributed by atoms with Gasteiger partial charge in [0, 0.05) is 18.3 Å². The smallest absolute Gasteiger partial charge is 0.273 e. The molecule has 1 saturated carbocycles. The summed E-state index contributed by atoms with van der Waals surface area (Å²) in [6.45, 7) is 3.68. The first-order valence-corrected chi connectivity index (χ1v) is 7.49. The molecule has 21 heavy (non-hydrogen) atoms. The van der Waals surface area contributed by atoms with E-state index in [-0.39, 0.29) is 29.5 Å². The maximum absolute atomic E-state index is 12.4. The van der Waals surface area contributed by atoms with Crippen LogP contribution in [0.2, 0.25) is 0 Å². The van der Waals surface area contributed by atoms with Crippen LogP contribution in [0.15, 0.2) is 18.6 Å². The number of nitrogens with one attached hydrogen (secondary N) is 1. The first-order valence-electron chi connectivity index (χ1n) is 7.49. The molecule has 1 aliphatic carbocycles. The first kappa shape index (κ1) is 15.4. The monoisotopic (exact) mass is 290 g/mol. The quantitative estimate of drug-likeness (QED) is 0.863. The van der Waals surface area contributed by atoms with Crippen LogP contribution in [0.1, 0.15) is 56.4 Å². The molecule has 1 aromatic heterocycles. The predicted octanol–water partition coefficient (Wildman–Crippen LogP) is 1.94. The zero-order valence-electron chi connectivity index (χ0n) is 12.6. The third kappa shape index (κ3) is 4.00. The van der Waals surface area contributed by atoms with Crippen LogP contribution in [0.5, 0.6) is 0 Å². The molecular weight excluding hydrogens is 268 g/mol. The SMILES string of the molecule is CC(C)C(=O)N(NC(=O)c1cnccn1)C1CCCCC1. The summed E-state index contributed by atoms with van der Waals surface area (Å²) in [5, 5.41) is 1.51. The van der Waals surface area contributed by atoms with E-state index in [9.17, 15) is 9.59 Å². The van der Waals surface area contributed by atoms with Gasteiger partial charge in [0.1, 0.15) is 5.69 Å². The molecule has 2 rings (SSSR count). The average molecular weight is 290 g/mol. The third-order valence-corrected chi connectivity index (χ3v) is 3.69. The zero-order chi connectivity index (χ0) is 15.2. The van der Waals surface area contributed by atoms with Gasteiger partial charge < -0.3 is 0 Å². The van der Waals surface area contributed by atoms with Crippen molar-refractivity contribution >= 4 is 11.8 Å². The van der Waals surface area contributed by atoms with Crippen molar-refractivity contribution in [2.45, 2.75) is 52.0 Å². The molecule has 114 valence electrons. The number of hydrogen-bond donors (Lipinski definition) is 1. The van der Waals surface area contributed by atoms with E-state index in [1.165, 1.54) is 30.0 Å². The topological polar surface area (TPSA) is 75.2 Å². The van der Waals surface area contributed by atoms with Crippen molar-refractivity contribution in [3.63, 3.8) is 0 Å². The highest BCUT2D eigenvalue weighted by molar-refractivity contribution is 5.93. The van der Waals surface area contributed by atoms with Gasteiger partial charge in [0.25, 0.3) is 5.91 Å². The molecule has 1 fully saturated rings. The fraction of sp³-hybridized carbons (Fsp3) is 0.600. The lowest BCUT2D eigenvalue weighted by molar-refractivity contribution is -0.140. The highest BCUT2D eigenvalue weighted by Crippen LogP contribution is 2.22. The summed E-state index contributed by atoms with van der Waals surface area (Å²) in [7, 11) is 0. The summed E-state index contributed by atoms with van der Waals surface area (Å²) in [6.07, 6.45) is 9.60. The van der Waals surface area contributed by atoms with Crippen molar-refractivity contribution in [2.24, 2.45) is 5.92 Å². The molecule has 1 N–H and O–H groups in total.